The normalized spacial score (nSPS) is 10.6. The van der Waals surface area contributed by atoms with Gasteiger partial charge in [-0.05, 0) is 6.07 Å². The van der Waals surface area contributed by atoms with Crippen LogP contribution in [-0.2, 0) is 0 Å². The highest BCUT2D eigenvalue weighted by molar-refractivity contribution is 7.22. The number of ether oxygens (including phenoxy) is 1. The number of nitro groups is 1. The SMILES string of the molecule is COc1ccc([N+](=O)[O-])c2sc(C(=O)O)c(Cl)c12. The first-order valence-electron chi connectivity index (χ1n) is 4.64. The molecule has 0 aliphatic carbocycles. The number of non-ortho nitro benzene ring substituents is 1. The Balaban J connectivity index is 2.92. The van der Waals surface area contributed by atoms with Gasteiger partial charge in [-0.3, -0.25) is 10.1 Å². The number of carbonyl (C=O) groups is 1. The van der Waals surface area contributed by atoms with E-state index in [4.69, 9.17) is 21.4 Å². The van der Waals surface area contributed by atoms with Crippen molar-refractivity contribution in [3.05, 3.63) is 32.1 Å². The van der Waals surface area contributed by atoms with Crippen LogP contribution < -0.4 is 4.74 Å². The Morgan fingerprint density at radius 2 is 2.22 bits per heavy atom. The molecule has 0 fully saturated rings. The van der Waals surface area contributed by atoms with E-state index < -0.39 is 10.9 Å². The van der Waals surface area contributed by atoms with Crippen molar-refractivity contribution in [1.29, 1.82) is 0 Å². The molecule has 94 valence electrons. The zero-order valence-electron chi connectivity index (χ0n) is 8.97. The van der Waals surface area contributed by atoms with Crippen LogP contribution in [-0.4, -0.2) is 23.1 Å². The first-order chi connectivity index (χ1) is 8.47. The van der Waals surface area contributed by atoms with Gasteiger partial charge in [0.1, 0.15) is 15.3 Å². The van der Waals surface area contributed by atoms with Crippen LogP contribution >= 0.6 is 22.9 Å². The summed E-state index contributed by atoms with van der Waals surface area (Å²) >= 11 is 6.70. The molecule has 0 spiro atoms. The molecule has 0 bridgehead atoms. The Morgan fingerprint density at radius 3 is 2.72 bits per heavy atom. The second-order valence-corrected chi connectivity index (χ2v) is 4.70. The predicted molar refractivity (Wildman–Crippen MR) is 67.0 cm³/mol. The van der Waals surface area contributed by atoms with Crippen molar-refractivity contribution in [2.75, 3.05) is 7.11 Å². The molecule has 1 N–H and O–H groups in total. The van der Waals surface area contributed by atoms with Crippen molar-refractivity contribution in [2.45, 2.75) is 0 Å². The molecule has 1 heterocycles. The number of nitro benzene ring substituents is 1. The quantitative estimate of drug-likeness (QED) is 0.691. The maximum Gasteiger partial charge on any atom is 0.347 e. The van der Waals surface area contributed by atoms with E-state index in [-0.39, 0.29) is 25.7 Å². The second-order valence-electron chi connectivity index (χ2n) is 3.30. The Kier molecular flexibility index (Phi) is 3.10. The van der Waals surface area contributed by atoms with Gasteiger partial charge in [0.15, 0.2) is 0 Å². The van der Waals surface area contributed by atoms with E-state index in [2.05, 4.69) is 0 Å². The van der Waals surface area contributed by atoms with Crippen LogP contribution in [0.4, 0.5) is 5.69 Å². The summed E-state index contributed by atoms with van der Waals surface area (Å²) in [5, 5.41) is 20.1. The average Bonchev–Trinajstić information content (AvgIpc) is 2.66. The number of rotatable bonds is 3. The monoisotopic (exact) mass is 287 g/mol. The van der Waals surface area contributed by atoms with E-state index >= 15 is 0 Å². The lowest BCUT2D eigenvalue weighted by atomic mass is 10.2. The van der Waals surface area contributed by atoms with E-state index in [1.165, 1.54) is 19.2 Å². The molecule has 6 nitrogen and oxygen atoms in total. The molecule has 1 aromatic carbocycles. The van der Waals surface area contributed by atoms with Crippen molar-refractivity contribution >= 4 is 44.7 Å². The number of carboxylic acids is 1. The Bertz CT molecular complexity index is 666. The number of hydrogen-bond donors (Lipinski definition) is 1. The van der Waals surface area contributed by atoms with Crippen molar-refractivity contribution < 1.29 is 19.6 Å². The first kappa shape index (κ1) is 12.6. The van der Waals surface area contributed by atoms with Crippen LogP contribution in [0.2, 0.25) is 5.02 Å². The highest BCUT2D eigenvalue weighted by Crippen LogP contribution is 2.44. The van der Waals surface area contributed by atoms with E-state index in [9.17, 15) is 14.9 Å². The highest BCUT2D eigenvalue weighted by Gasteiger charge is 2.25. The fourth-order valence-corrected chi connectivity index (χ4v) is 3.05. The Hall–Kier alpha value is -1.86. The first-order valence-corrected chi connectivity index (χ1v) is 5.83. The van der Waals surface area contributed by atoms with Gasteiger partial charge in [0.05, 0.1) is 22.4 Å². The molecule has 1 aromatic heterocycles. The molecule has 2 aromatic rings. The van der Waals surface area contributed by atoms with E-state index in [0.717, 1.165) is 11.3 Å². The van der Waals surface area contributed by atoms with Crippen LogP contribution in [0.5, 0.6) is 5.75 Å². The van der Waals surface area contributed by atoms with Crippen LogP contribution in [0.1, 0.15) is 9.67 Å². The molecular weight excluding hydrogens is 282 g/mol. The summed E-state index contributed by atoms with van der Waals surface area (Å²) in [6.07, 6.45) is 0. The standard InChI is InChI=1S/C10H6ClNO5S/c1-17-5-3-2-4(12(15)16)8-6(5)7(11)9(18-8)10(13)14/h2-3H,1H3,(H,13,14). The number of fused-ring (bicyclic) bond motifs is 1. The third-order valence-corrected chi connectivity index (χ3v) is 4.02. The summed E-state index contributed by atoms with van der Waals surface area (Å²) in [7, 11) is 1.38. The molecule has 2 rings (SSSR count). The maximum absolute atomic E-state index is 11.0. The molecule has 0 saturated carbocycles. The zero-order valence-corrected chi connectivity index (χ0v) is 10.5. The predicted octanol–water partition coefficient (Wildman–Crippen LogP) is 3.17. The summed E-state index contributed by atoms with van der Waals surface area (Å²) in [5.41, 5.74) is -0.190. The van der Waals surface area contributed by atoms with Gasteiger partial charge >= 0.3 is 5.97 Å². The molecule has 0 saturated heterocycles. The van der Waals surface area contributed by atoms with Gasteiger partial charge < -0.3 is 9.84 Å². The molecule has 8 heteroatoms. The Morgan fingerprint density at radius 1 is 1.56 bits per heavy atom. The molecule has 0 radical (unpaired) electrons. The minimum atomic E-state index is -1.22. The minimum Gasteiger partial charge on any atom is -0.496 e. The molecular formula is C10H6ClNO5S. The third kappa shape index (κ3) is 1.77. The molecule has 0 atom stereocenters. The van der Waals surface area contributed by atoms with Crippen molar-refractivity contribution in [3.63, 3.8) is 0 Å². The summed E-state index contributed by atoms with van der Waals surface area (Å²) in [5.74, 6) is -0.915. The summed E-state index contributed by atoms with van der Waals surface area (Å²) in [4.78, 5) is 21.2. The van der Waals surface area contributed by atoms with Crippen LogP contribution in [0.25, 0.3) is 10.1 Å². The summed E-state index contributed by atoms with van der Waals surface area (Å²) in [6, 6.07) is 2.66. The van der Waals surface area contributed by atoms with Crippen LogP contribution in [0, 0.1) is 10.1 Å². The number of nitrogens with zero attached hydrogens (tertiary/aromatic N) is 1. The lowest BCUT2D eigenvalue weighted by molar-refractivity contribution is -0.382. The van der Waals surface area contributed by atoms with E-state index in [1.54, 1.807) is 0 Å². The fraction of sp³-hybridized carbons (Fsp3) is 0.100. The maximum atomic E-state index is 11.0. The second kappa shape index (κ2) is 4.43. The fourth-order valence-electron chi connectivity index (χ4n) is 1.58. The molecule has 0 aliphatic rings. The van der Waals surface area contributed by atoms with Gasteiger partial charge in [-0.1, -0.05) is 11.6 Å². The number of hydrogen-bond acceptors (Lipinski definition) is 5. The number of halogens is 1. The molecule has 0 aliphatic heterocycles. The molecule has 0 unspecified atom stereocenters. The van der Waals surface area contributed by atoms with Gasteiger partial charge in [-0.2, -0.15) is 0 Å². The zero-order chi connectivity index (χ0) is 13.4. The Labute approximate surface area is 110 Å². The van der Waals surface area contributed by atoms with E-state index in [0.29, 0.717) is 5.75 Å². The van der Waals surface area contributed by atoms with Gasteiger partial charge in [-0.15, -0.1) is 11.3 Å². The number of carboxylic acid groups (broad SMARTS) is 1. The minimum absolute atomic E-state index is 0.0388. The molecule has 18 heavy (non-hydrogen) atoms. The number of thiophene rings is 1. The highest BCUT2D eigenvalue weighted by atomic mass is 35.5. The average molecular weight is 288 g/mol. The topological polar surface area (TPSA) is 89.7 Å². The molecule has 0 amide bonds. The summed E-state index contributed by atoms with van der Waals surface area (Å²) in [6.45, 7) is 0. The van der Waals surface area contributed by atoms with Gasteiger partial charge in [0.2, 0.25) is 0 Å². The summed E-state index contributed by atoms with van der Waals surface area (Å²) < 4.78 is 5.24. The number of aromatic carboxylic acids is 1. The van der Waals surface area contributed by atoms with E-state index in [1.807, 2.05) is 0 Å². The number of benzene rings is 1. The largest absolute Gasteiger partial charge is 0.496 e. The van der Waals surface area contributed by atoms with Crippen LogP contribution in [0.3, 0.4) is 0 Å². The third-order valence-electron chi connectivity index (χ3n) is 2.33. The lowest BCUT2D eigenvalue weighted by Gasteiger charge is -2.02. The van der Waals surface area contributed by atoms with Gasteiger partial charge in [-0.25, -0.2) is 4.79 Å². The van der Waals surface area contributed by atoms with Crippen molar-refractivity contribution in [1.82, 2.24) is 0 Å². The number of methoxy groups -OCH3 is 1. The van der Waals surface area contributed by atoms with Crippen LogP contribution in [0.15, 0.2) is 12.1 Å². The lowest BCUT2D eigenvalue weighted by Crippen LogP contribution is -1.92. The van der Waals surface area contributed by atoms with Crippen molar-refractivity contribution in [2.24, 2.45) is 0 Å². The van der Waals surface area contributed by atoms with Gasteiger partial charge in [0, 0.05) is 6.07 Å². The van der Waals surface area contributed by atoms with Gasteiger partial charge in [0.25, 0.3) is 5.69 Å². The van der Waals surface area contributed by atoms with Crippen molar-refractivity contribution in [3.8, 4) is 5.75 Å². The smallest absolute Gasteiger partial charge is 0.347 e.